The van der Waals surface area contributed by atoms with Crippen LogP contribution in [0.5, 0.6) is 0 Å². The van der Waals surface area contributed by atoms with Gasteiger partial charge in [0, 0.05) is 0 Å². The Labute approximate surface area is 70.4 Å². The van der Waals surface area contributed by atoms with Crippen molar-refractivity contribution in [2.75, 3.05) is 0 Å². The molecule has 0 fully saturated rings. The van der Waals surface area contributed by atoms with Crippen molar-refractivity contribution in [3.63, 3.8) is 0 Å². The minimum atomic E-state index is 0.0417. The Morgan fingerprint density at radius 2 is 1.50 bits per heavy atom. The first-order chi connectivity index (χ1) is 3.91. The summed E-state index contributed by atoms with van der Waals surface area (Å²) in [5, 5.41) is 0. The monoisotopic (exact) mass is 415 g/mol. The zero-order valence-electron chi connectivity index (χ0n) is 4.00. The van der Waals surface area contributed by atoms with Gasteiger partial charge in [-0.3, -0.25) is 0 Å². The van der Waals surface area contributed by atoms with Crippen molar-refractivity contribution < 1.29 is 13.5 Å². The van der Waals surface area contributed by atoms with Gasteiger partial charge in [-0.15, -0.1) is 0 Å². The summed E-state index contributed by atoms with van der Waals surface area (Å²) < 4.78 is 0. The van der Waals surface area contributed by atoms with Crippen molar-refractivity contribution in [2.24, 2.45) is 0 Å². The molecule has 0 nitrogen and oxygen atoms in total. The molecule has 48 valence electrons. The molecular weight excluding hydrogens is 410 g/mol. The molecule has 0 heterocycles. The average molecular weight is 415 g/mol. The van der Waals surface area contributed by atoms with E-state index in [0.717, 1.165) is 0 Å². The number of rotatable bonds is 0. The van der Waals surface area contributed by atoms with Crippen LogP contribution in [0, 0.1) is 0 Å². The van der Waals surface area contributed by atoms with E-state index in [-0.39, 0.29) is 13.5 Å². The third kappa shape index (κ3) is 6.95. The second-order valence-electron chi connectivity index (χ2n) is 1.01. The first-order valence-electron chi connectivity index (χ1n) is 1.93. The third-order valence-electron chi connectivity index (χ3n) is 0.556. The van der Waals surface area contributed by atoms with Crippen LogP contribution in [0.1, 0.15) is 0 Å². The second-order valence-corrected chi connectivity index (χ2v) is 12.1. The first-order valence-corrected chi connectivity index (χ1v) is 13.0. The normalized spacial score (nSPS) is 7.75. The van der Waals surface area contributed by atoms with Crippen LogP contribution in [0.4, 0.5) is 0 Å². The Morgan fingerprint density at radius 3 is 1.62 bits per heavy atom. The summed E-state index contributed by atoms with van der Waals surface area (Å²) in [4.78, 5) is 0. The molecule has 0 saturated carbocycles. The molecule has 0 radical (unpaired) electrons. The van der Waals surface area contributed by atoms with Gasteiger partial charge in [0.2, 0.25) is 0 Å². The quantitative estimate of drug-likeness (QED) is 0.572. The van der Waals surface area contributed by atoms with E-state index in [4.69, 9.17) is 0 Å². The first kappa shape index (κ1) is 8.95. The molecule has 0 saturated heterocycles. The predicted octanol–water partition coefficient (Wildman–Crippen LogP) is 3.09. The fourth-order valence-corrected chi connectivity index (χ4v) is 0.321. The maximum absolute atomic E-state index is 3.20. The summed E-state index contributed by atoms with van der Waals surface area (Å²) in [5.74, 6) is 0. The molecule has 0 aliphatic carbocycles. The van der Waals surface area contributed by atoms with Crippen LogP contribution in [0.15, 0.2) is 30.3 Å². The van der Waals surface area contributed by atoms with Crippen molar-refractivity contribution in [3.05, 3.63) is 30.3 Å². The molecule has 0 unspecified atom stereocenters. The Kier molecular flexibility index (Phi) is 8.89. The van der Waals surface area contributed by atoms with Gasteiger partial charge in [0.25, 0.3) is 0 Å². The van der Waals surface area contributed by atoms with Crippen molar-refractivity contribution in [3.8, 4) is 0 Å². The molecule has 0 aliphatic heterocycles. The summed E-state index contributed by atoms with van der Waals surface area (Å²) in [6.07, 6.45) is 0. The van der Waals surface area contributed by atoms with Crippen LogP contribution < -0.4 is 0 Å². The number of halogens is 2. The summed E-state index contributed by atoms with van der Waals surface area (Å²) in [6, 6.07) is 10.0. The third-order valence-corrected chi connectivity index (χ3v) is 0.556. The van der Waals surface area contributed by atoms with Crippen LogP contribution in [0.3, 0.4) is 0 Å². The van der Waals surface area contributed by atoms with Crippen molar-refractivity contribution in [1.82, 2.24) is 0 Å². The Balaban J connectivity index is 0.000000145. The second kappa shape index (κ2) is 7.95. The van der Waals surface area contributed by atoms with Gasteiger partial charge in [-0.1, -0.05) is 0 Å². The average Bonchev–Trinajstić information content (AvgIpc) is 2.17. The van der Waals surface area contributed by atoms with E-state index in [1.54, 1.807) is 0 Å². The van der Waals surface area contributed by atoms with Gasteiger partial charge in [-0.2, -0.15) is 18.2 Å². The summed E-state index contributed by atoms with van der Waals surface area (Å²) in [5.41, 5.74) is 0. The van der Waals surface area contributed by atoms with Gasteiger partial charge in [-0.25, -0.2) is 12.1 Å². The van der Waals surface area contributed by atoms with Crippen LogP contribution >= 0.6 is 27.1 Å². The molecule has 3 heteroatoms. The van der Waals surface area contributed by atoms with Crippen LogP contribution in [0.2, 0.25) is 0 Å². The Hall–Kier alpha value is 0.946. The fraction of sp³-hybridized carbons (Fsp3) is 0. The van der Waals surface area contributed by atoms with Gasteiger partial charge in [0.15, 0.2) is 0 Å². The summed E-state index contributed by atoms with van der Waals surface area (Å²) in [6.45, 7) is 0. The smallest absolute Gasteiger partial charge is 0.172 e. The predicted molar refractivity (Wildman–Crippen MR) is 39.9 cm³/mol. The van der Waals surface area contributed by atoms with Crippen LogP contribution in [0.25, 0.3) is 0 Å². The van der Waals surface area contributed by atoms with Crippen LogP contribution in [-0.4, -0.2) is 0 Å². The van der Waals surface area contributed by atoms with Gasteiger partial charge >= 0.3 is 40.6 Å². The summed E-state index contributed by atoms with van der Waals surface area (Å²) in [7, 11) is 0. The van der Waals surface area contributed by atoms with E-state index in [0.29, 0.717) is 0 Å². The van der Waals surface area contributed by atoms with E-state index in [9.17, 15) is 0 Å². The largest absolute Gasteiger partial charge is 0.214 e. The molecular formula is C5H5Br2Os-. The molecule has 0 aliphatic rings. The number of hydrogen-bond donors (Lipinski definition) is 0. The maximum atomic E-state index is 3.20. The van der Waals surface area contributed by atoms with Gasteiger partial charge < -0.3 is 0 Å². The van der Waals surface area contributed by atoms with E-state index in [1.165, 1.54) is 0 Å². The molecule has 8 heavy (non-hydrogen) atoms. The molecule has 0 N–H and O–H groups in total. The Morgan fingerprint density at radius 1 is 1.12 bits per heavy atom. The van der Waals surface area contributed by atoms with Gasteiger partial charge in [0.05, 0.1) is 0 Å². The van der Waals surface area contributed by atoms with Crippen molar-refractivity contribution in [2.45, 2.75) is 0 Å². The topological polar surface area (TPSA) is 0 Å². The number of hydrogen-bond acceptors (Lipinski definition) is 0. The van der Waals surface area contributed by atoms with Crippen LogP contribution in [-0.2, 0) is 13.5 Å². The SMILES string of the molecule is [Br][Os][Br].c1cc[cH-]c1. The molecule has 0 amide bonds. The van der Waals surface area contributed by atoms with E-state index in [1.807, 2.05) is 30.3 Å². The summed E-state index contributed by atoms with van der Waals surface area (Å²) >= 11 is 6.44. The molecule has 1 aromatic carbocycles. The van der Waals surface area contributed by atoms with E-state index >= 15 is 0 Å². The minimum absolute atomic E-state index is 0.0417. The van der Waals surface area contributed by atoms with E-state index < -0.39 is 0 Å². The molecule has 1 aromatic rings. The minimum Gasteiger partial charge on any atom is -0.214 e. The standard InChI is InChI=1S/C5H5.2BrH.Os/c1-2-4-5-3-1;;;/h1-5H;2*1H;/q-1;;;+2/p-2. The van der Waals surface area contributed by atoms with Gasteiger partial charge in [0.1, 0.15) is 0 Å². The molecule has 0 spiro atoms. The maximum Gasteiger partial charge on any atom is -0.172 e. The van der Waals surface area contributed by atoms with Gasteiger partial charge in [-0.05, 0) is 0 Å². The fourth-order valence-electron chi connectivity index (χ4n) is 0.321. The van der Waals surface area contributed by atoms with E-state index in [2.05, 4.69) is 27.1 Å². The zero-order valence-corrected chi connectivity index (χ0v) is 9.71. The Bertz CT molecular complexity index is 77.3. The molecule has 1 rings (SSSR count). The van der Waals surface area contributed by atoms with Crippen molar-refractivity contribution >= 4 is 27.1 Å². The molecule has 0 aromatic heterocycles. The molecule has 0 atom stereocenters. The van der Waals surface area contributed by atoms with Crippen molar-refractivity contribution in [1.29, 1.82) is 0 Å². The zero-order chi connectivity index (χ0) is 6.24. The molecule has 0 bridgehead atoms.